The zero-order valence-corrected chi connectivity index (χ0v) is 15.8. The smallest absolute Gasteiger partial charge is 0.240 e. The number of aryl methyl sites for hydroxylation is 1. The van der Waals surface area contributed by atoms with Crippen molar-refractivity contribution in [2.75, 3.05) is 5.32 Å². The first-order valence-corrected chi connectivity index (χ1v) is 10.4. The van der Waals surface area contributed by atoms with Crippen molar-refractivity contribution in [3.63, 3.8) is 0 Å². The van der Waals surface area contributed by atoms with Gasteiger partial charge in [-0.25, -0.2) is 13.1 Å². The van der Waals surface area contributed by atoms with Crippen molar-refractivity contribution in [2.45, 2.75) is 49.6 Å². The summed E-state index contributed by atoms with van der Waals surface area (Å²) in [6.45, 7) is 2.05. The van der Waals surface area contributed by atoms with Crippen LogP contribution in [0.4, 0.5) is 5.69 Å². The third-order valence-electron chi connectivity index (χ3n) is 4.60. The minimum atomic E-state index is -3.56. The van der Waals surface area contributed by atoms with Gasteiger partial charge in [-0.3, -0.25) is 0 Å². The van der Waals surface area contributed by atoms with Crippen LogP contribution >= 0.6 is 11.6 Å². The van der Waals surface area contributed by atoms with Gasteiger partial charge in [0.15, 0.2) is 0 Å². The zero-order chi connectivity index (χ0) is 17.9. The van der Waals surface area contributed by atoms with Crippen molar-refractivity contribution in [3.05, 3.63) is 59.1 Å². The highest BCUT2D eigenvalue weighted by Gasteiger charge is 2.29. The summed E-state index contributed by atoms with van der Waals surface area (Å²) in [6.07, 6.45) is 3.90. The van der Waals surface area contributed by atoms with E-state index in [1.54, 1.807) is 12.1 Å². The molecular formula is C19H23ClN2O2S. The van der Waals surface area contributed by atoms with Crippen LogP contribution < -0.4 is 10.0 Å². The topological polar surface area (TPSA) is 58.2 Å². The van der Waals surface area contributed by atoms with E-state index in [9.17, 15) is 8.42 Å². The molecule has 1 fully saturated rings. The molecule has 0 radical (unpaired) electrons. The molecule has 0 saturated heterocycles. The van der Waals surface area contributed by atoms with Gasteiger partial charge in [0.1, 0.15) is 0 Å². The van der Waals surface area contributed by atoms with Gasteiger partial charge in [-0.15, -0.1) is 0 Å². The molecule has 2 N–H and O–H groups in total. The molecule has 2 aromatic rings. The summed E-state index contributed by atoms with van der Waals surface area (Å²) < 4.78 is 28.2. The van der Waals surface area contributed by atoms with E-state index in [4.69, 9.17) is 11.6 Å². The Balaban J connectivity index is 1.74. The van der Waals surface area contributed by atoms with Crippen LogP contribution in [0.2, 0.25) is 5.02 Å². The number of hydrogen-bond acceptors (Lipinski definition) is 3. The monoisotopic (exact) mass is 378 g/mol. The van der Waals surface area contributed by atoms with E-state index < -0.39 is 10.0 Å². The quantitative estimate of drug-likeness (QED) is 0.813. The predicted octanol–water partition coefficient (Wildman–Crippen LogP) is 4.35. The van der Waals surface area contributed by atoms with Gasteiger partial charge in [0.05, 0.1) is 4.90 Å². The van der Waals surface area contributed by atoms with E-state index in [1.807, 2.05) is 19.1 Å². The summed E-state index contributed by atoms with van der Waals surface area (Å²) in [7, 11) is -3.56. The minimum Gasteiger partial charge on any atom is -0.381 e. The first kappa shape index (κ1) is 18.2. The lowest BCUT2D eigenvalue weighted by Crippen LogP contribution is -2.48. The highest BCUT2D eigenvalue weighted by atomic mass is 35.5. The Morgan fingerprint density at radius 3 is 2.16 bits per heavy atom. The molecule has 4 nitrogen and oxygen atoms in total. The number of hydrogen-bond donors (Lipinski definition) is 2. The van der Waals surface area contributed by atoms with E-state index >= 15 is 0 Å². The third kappa shape index (κ3) is 4.75. The number of anilines is 1. The van der Waals surface area contributed by atoms with Gasteiger partial charge in [-0.1, -0.05) is 42.1 Å². The van der Waals surface area contributed by atoms with Crippen LogP contribution in [0.25, 0.3) is 0 Å². The average Bonchev–Trinajstić information content (AvgIpc) is 2.59. The Morgan fingerprint density at radius 1 is 0.920 bits per heavy atom. The van der Waals surface area contributed by atoms with E-state index in [0.29, 0.717) is 5.02 Å². The molecule has 0 spiro atoms. The average molecular weight is 379 g/mol. The second-order valence-corrected chi connectivity index (χ2v) is 8.73. The van der Waals surface area contributed by atoms with Gasteiger partial charge in [0.25, 0.3) is 0 Å². The molecule has 0 amide bonds. The Hall–Kier alpha value is -1.56. The summed E-state index contributed by atoms with van der Waals surface area (Å²) in [5, 5.41) is 4.02. The summed E-state index contributed by atoms with van der Waals surface area (Å²) in [6, 6.07) is 14.4. The van der Waals surface area contributed by atoms with E-state index in [0.717, 1.165) is 31.4 Å². The van der Waals surface area contributed by atoms with Gasteiger partial charge < -0.3 is 5.32 Å². The Morgan fingerprint density at radius 2 is 1.52 bits per heavy atom. The fraction of sp³-hybridized carbons (Fsp3) is 0.368. The molecule has 134 valence electrons. The van der Waals surface area contributed by atoms with Crippen molar-refractivity contribution in [1.82, 2.24) is 4.72 Å². The second-order valence-electron chi connectivity index (χ2n) is 6.58. The van der Waals surface area contributed by atoms with Crippen molar-refractivity contribution in [2.24, 2.45) is 0 Å². The minimum absolute atomic E-state index is 0.0820. The molecule has 3 rings (SSSR count). The first-order chi connectivity index (χ1) is 11.9. The lowest BCUT2D eigenvalue weighted by atomic mass is 9.91. The molecule has 0 aromatic heterocycles. The number of nitrogens with one attached hydrogen (secondary N) is 2. The van der Waals surface area contributed by atoms with Gasteiger partial charge in [-0.05, 0) is 56.2 Å². The van der Waals surface area contributed by atoms with Crippen LogP contribution in [-0.2, 0) is 10.0 Å². The standard InChI is InChI=1S/C19H23ClN2O2S/c1-14-6-10-16(11-7-14)21-18-4-2-3-5-19(18)22-25(23,24)17-12-8-15(20)9-13-17/h6-13,18-19,21-22H,2-5H2,1H3/t18-,19+/m0/s1. The second kappa shape index (κ2) is 7.77. The van der Waals surface area contributed by atoms with Gasteiger partial charge in [0, 0.05) is 22.8 Å². The number of rotatable bonds is 5. The van der Waals surface area contributed by atoms with E-state index in [1.165, 1.54) is 17.7 Å². The molecule has 1 aliphatic carbocycles. The lowest BCUT2D eigenvalue weighted by molar-refractivity contribution is 0.378. The fourth-order valence-electron chi connectivity index (χ4n) is 3.19. The molecule has 0 bridgehead atoms. The first-order valence-electron chi connectivity index (χ1n) is 8.55. The van der Waals surface area contributed by atoms with Gasteiger partial charge in [0.2, 0.25) is 10.0 Å². The van der Waals surface area contributed by atoms with Crippen LogP contribution in [0.15, 0.2) is 53.4 Å². The lowest BCUT2D eigenvalue weighted by Gasteiger charge is -2.33. The van der Waals surface area contributed by atoms with E-state index in [-0.39, 0.29) is 17.0 Å². The molecule has 1 saturated carbocycles. The van der Waals surface area contributed by atoms with Crippen LogP contribution in [0, 0.1) is 6.92 Å². The Bertz CT molecular complexity index is 804. The molecule has 2 aromatic carbocycles. The predicted molar refractivity (Wildman–Crippen MR) is 103 cm³/mol. The Kier molecular flexibility index (Phi) is 5.67. The molecule has 6 heteroatoms. The highest BCUT2D eigenvalue weighted by Crippen LogP contribution is 2.24. The molecule has 0 unspecified atom stereocenters. The van der Waals surface area contributed by atoms with E-state index in [2.05, 4.69) is 22.2 Å². The molecule has 0 heterocycles. The summed E-state index contributed by atoms with van der Waals surface area (Å²) >= 11 is 5.85. The van der Waals surface area contributed by atoms with Crippen LogP contribution in [0.1, 0.15) is 31.2 Å². The maximum absolute atomic E-state index is 12.7. The molecule has 25 heavy (non-hydrogen) atoms. The summed E-state index contributed by atoms with van der Waals surface area (Å²) in [5.74, 6) is 0. The van der Waals surface area contributed by atoms with Crippen LogP contribution in [0.5, 0.6) is 0 Å². The van der Waals surface area contributed by atoms with Crippen molar-refractivity contribution in [1.29, 1.82) is 0 Å². The number of halogens is 1. The van der Waals surface area contributed by atoms with Crippen molar-refractivity contribution < 1.29 is 8.42 Å². The fourth-order valence-corrected chi connectivity index (χ4v) is 4.63. The SMILES string of the molecule is Cc1ccc(N[C@H]2CCCC[C@H]2NS(=O)(=O)c2ccc(Cl)cc2)cc1. The Labute approximate surface area is 154 Å². The van der Waals surface area contributed by atoms with Crippen LogP contribution in [0.3, 0.4) is 0 Å². The maximum Gasteiger partial charge on any atom is 0.240 e. The molecule has 2 atom stereocenters. The largest absolute Gasteiger partial charge is 0.381 e. The van der Waals surface area contributed by atoms with Gasteiger partial charge >= 0.3 is 0 Å². The number of benzene rings is 2. The molecular weight excluding hydrogens is 356 g/mol. The van der Waals surface area contributed by atoms with Crippen LogP contribution in [-0.4, -0.2) is 20.5 Å². The third-order valence-corrected chi connectivity index (χ3v) is 6.36. The van der Waals surface area contributed by atoms with Crippen molar-refractivity contribution >= 4 is 27.3 Å². The van der Waals surface area contributed by atoms with Gasteiger partial charge in [-0.2, -0.15) is 0 Å². The number of sulfonamides is 1. The highest BCUT2D eigenvalue weighted by molar-refractivity contribution is 7.89. The van der Waals surface area contributed by atoms with Crippen molar-refractivity contribution in [3.8, 4) is 0 Å². The normalized spacial score (nSPS) is 21.0. The maximum atomic E-state index is 12.7. The molecule has 1 aliphatic rings. The molecule has 0 aliphatic heterocycles. The summed E-state index contributed by atoms with van der Waals surface area (Å²) in [4.78, 5) is 0.247. The summed E-state index contributed by atoms with van der Waals surface area (Å²) in [5.41, 5.74) is 2.22. The zero-order valence-electron chi connectivity index (χ0n) is 14.2.